The fourth-order valence-corrected chi connectivity index (χ4v) is 2.70. The number of amides is 1. The lowest BCUT2D eigenvalue weighted by Crippen LogP contribution is -2.17. The first-order valence-electron chi connectivity index (χ1n) is 7.56. The number of anilines is 1. The molecule has 0 atom stereocenters. The fourth-order valence-electron chi connectivity index (χ4n) is 2.50. The second kappa shape index (κ2) is 6.92. The predicted molar refractivity (Wildman–Crippen MR) is 90.6 cm³/mol. The second-order valence-electron chi connectivity index (χ2n) is 5.51. The van der Waals surface area contributed by atoms with Gasteiger partial charge in [-0.1, -0.05) is 41.4 Å². The number of halogens is 1. The first-order chi connectivity index (χ1) is 11.1. The molecule has 0 aromatic heterocycles. The summed E-state index contributed by atoms with van der Waals surface area (Å²) in [7, 11) is 0. The lowest BCUT2D eigenvalue weighted by atomic mass is 10.1. The van der Waals surface area contributed by atoms with Crippen molar-refractivity contribution in [3.05, 3.63) is 52.5 Å². The van der Waals surface area contributed by atoms with Gasteiger partial charge in [0.25, 0.3) is 0 Å². The Morgan fingerprint density at radius 3 is 2.65 bits per heavy atom. The molecule has 1 heterocycles. The maximum atomic E-state index is 12.1. The summed E-state index contributed by atoms with van der Waals surface area (Å²) in [6.07, 6.45) is 1.09. The minimum atomic E-state index is -0.0786. The number of hydrogen-bond acceptors (Lipinski definition) is 3. The highest BCUT2D eigenvalue weighted by Crippen LogP contribution is 2.37. The molecule has 1 aliphatic heterocycles. The number of nitrogens with one attached hydrogen (secondary N) is 1. The van der Waals surface area contributed by atoms with E-state index in [1.54, 1.807) is 12.1 Å². The summed E-state index contributed by atoms with van der Waals surface area (Å²) in [5.74, 6) is 1.14. The van der Waals surface area contributed by atoms with Crippen LogP contribution in [0.1, 0.15) is 17.5 Å². The highest BCUT2D eigenvalue weighted by molar-refractivity contribution is 6.34. The van der Waals surface area contributed by atoms with E-state index in [0.717, 1.165) is 5.56 Å². The van der Waals surface area contributed by atoms with E-state index in [-0.39, 0.29) is 5.91 Å². The van der Waals surface area contributed by atoms with Gasteiger partial charge in [-0.2, -0.15) is 0 Å². The molecule has 0 fully saturated rings. The zero-order valence-electron chi connectivity index (χ0n) is 12.9. The minimum Gasteiger partial charge on any atom is -0.486 e. The van der Waals surface area contributed by atoms with Crippen LogP contribution in [0, 0.1) is 6.92 Å². The molecule has 1 N–H and O–H groups in total. The number of carbonyl (C=O) groups is 1. The van der Waals surface area contributed by atoms with Crippen LogP contribution in [-0.2, 0) is 11.2 Å². The molecule has 0 saturated carbocycles. The summed E-state index contributed by atoms with van der Waals surface area (Å²) < 4.78 is 11.0. The highest BCUT2D eigenvalue weighted by atomic mass is 35.5. The van der Waals surface area contributed by atoms with E-state index in [2.05, 4.69) is 11.4 Å². The van der Waals surface area contributed by atoms with Gasteiger partial charge in [-0.25, -0.2) is 0 Å². The molecule has 5 heteroatoms. The molecular weight excluding hydrogens is 314 g/mol. The van der Waals surface area contributed by atoms with E-state index >= 15 is 0 Å². The zero-order chi connectivity index (χ0) is 16.2. The Kier molecular flexibility index (Phi) is 4.72. The van der Waals surface area contributed by atoms with Gasteiger partial charge in [-0.05, 0) is 18.9 Å². The third-order valence-corrected chi connectivity index (χ3v) is 3.94. The maximum absolute atomic E-state index is 12.1. The van der Waals surface area contributed by atoms with Crippen molar-refractivity contribution in [3.63, 3.8) is 0 Å². The first-order valence-corrected chi connectivity index (χ1v) is 7.94. The van der Waals surface area contributed by atoms with Crippen molar-refractivity contribution < 1.29 is 14.3 Å². The summed E-state index contributed by atoms with van der Waals surface area (Å²) in [5, 5.41) is 3.28. The van der Waals surface area contributed by atoms with E-state index in [1.165, 1.54) is 5.56 Å². The van der Waals surface area contributed by atoms with Gasteiger partial charge in [-0.15, -0.1) is 0 Å². The van der Waals surface area contributed by atoms with Crippen molar-refractivity contribution in [2.45, 2.75) is 19.8 Å². The summed E-state index contributed by atoms with van der Waals surface area (Å²) in [5.41, 5.74) is 2.89. The van der Waals surface area contributed by atoms with Crippen LogP contribution >= 0.6 is 11.6 Å². The van der Waals surface area contributed by atoms with Crippen molar-refractivity contribution in [2.75, 3.05) is 18.5 Å². The molecule has 0 bridgehead atoms. The van der Waals surface area contributed by atoms with E-state index < -0.39 is 0 Å². The Bertz CT molecular complexity index is 730. The van der Waals surface area contributed by atoms with Gasteiger partial charge in [0.2, 0.25) is 5.91 Å². The van der Waals surface area contributed by atoms with Gasteiger partial charge < -0.3 is 14.8 Å². The molecule has 3 rings (SSSR count). The fraction of sp³-hybridized carbons (Fsp3) is 0.278. The Balaban J connectivity index is 1.63. The molecule has 0 radical (unpaired) electrons. The average molecular weight is 332 g/mol. The maximum Gasteiger partial charge on any atom is 0.224 e. The van der Waals surface area contributed by atoms with E-state index in [1.807, 2.05) is 25.1 Å². The van der Waals surface area contributed by atoms with Gasteiger partial charge in [0.05, 0.1) is 10.7 Å². The smallest absolute Gasteiger partial charge is 0.224 e. The first kappa shape index (κ1) is 15.7. The molecule has 1 amide bonds. The topological polar surface area (TPSA) is 47.6 Å². The third kappa shape index (κ3) is 3.96. The molecule has 0 spiro atoms. The molecule has 4 nitrogen and oxygen atoms in total. The number of fused-ring (bicyclic) bond motifs is 1. The Hall–Kier alpha value is -2.20. The van der Waals surface area contributed by atoms with Crippen LogP contribution in [0.2, 0.25) is 5.02 Å². The Labute approximate surface area is 140 Å². The van der Waals surface area contributed by atoms with Crippen molar-refractivity contribution in [2.24, 2.45) is 0 Å². The van der Waals surface area contributed by atoms with E-state index in [4.69, 9.17) is 21.1 Å². The van der Waals surface area contributed by atoms with Gasteiger partial charge in [-0.3, -0.25) is 4.79 Å². The van der Waals surface area contributed by atoms with Crippen molar-refractivity contribution in [3.8, 4) is 11.5 Å². The summed E-state index contributed by atoms with van der Waals surface area (Å²) >= 11 is 6.19. The Morgan fingerprint density at radius 1 is 1.17 bits per heavy atom. The summed E-state index contributed by atoms with van der Waals surface area (Å²) in [6.45, 7) is 3.04. The molecule has 2 aromatic rings. The number of benzene rings is 2. The Morgan fingerprint density at radius 2 is 1.91 bits per heavy atom. The molecular formula is C18H18ClNO3. The molecule has 1 aliphatic rings. The van der Waals surface area contributed by atoms with Crippen molar-refractivity contribution in [1.29, 1.82) is 0 Å². The van der Waals surface area contributed by atoms with Crippen LogP contribution in [0.3, 0.4) is 0 Å². The minimum absolute atomic E-state index is 0.0786. The SMILES string of the molecule is Cc1cccc(CCC(=O)Nc2cc3c(cc2Cl)OCCO3)c1. The van der Waals surface area contributed by atoms with Crippen molar-refractivity contribution >= 4 is 23.2 Å². The predicted octanol–water partition coefficient (Wildman–Crippen LogP) is 3.99. The molecule has 0 saturated heterocycles. The van der Waals surface area contributed by atoms with E-state index in [0.29, 0.717) is 48.3 Å². The summed E-state index contributed by atoms with van der Waals surface area (Å²) in [6, 6.07) is 11.5. The van der Waals surface area contributed by atoms with Crippen LogP contribution in [0.25, 0.3) is 0 Å². The number of ether oxygens (including phenoxy) is 2. The second-order valence-corrected chi connectivity index (χ2v) is 5.92. The van der Waals surface area contributed by atoms with E-state index in [9.17, 15) is 4.79 Å². The van der Waals surface area contributed by atoms with Gasteiger partial charge in [0, 0.05) is 18.6 Å². The van der Waals surface area contributed by atoms with Crippen LogP contribution in [0.15, 0.2) is 36.4 Å². The van der Waals surface area contributed by atoms with Gasteiger partial charge in [0.1, 0.15) is 13.2 Å². The normalized spacial score (nSPS) is 12.8. The van der Waals surface area contributed by atoms with Crippen LogP contribution in [-0.4, -0.2) is 19.1 Å². The van der Waals surface area contributed by atoms with Crippen LogP contribution < -0.4 is 14.8 Å². The van der Waals surface area contributed by atoms with Crippen molar-refractivity contribution in [1.82, 2.24) is 0 Å². The molecule has 120 valence electrons. The van der Waals surface area contributed by atoms with Gasteiger partial charge >= 0.3 is 0 Å². The number of rotatable bonds is 4. The number of carbonyl (C=O) groups excluding carboxylic acids is 1. The monoisotopic (exact) mass is 331 g/mol. The number of aryl methyl sites for hydroxylation is 2. The number of hydrogen-bond donors (Lipinski definition) is 1. The molecule has 23 heavy (non-hydrogen) atoms. The molecule has 2 aromatic carbocycles. The average Bonchev–Trinajstić information content (AvgIpc) is 2.54. The lowest BCUT2D eigenvalue weighted by molar-refractivity contribution is -0.116. The third-order valence-electron chi connectivity index (χ3n) is 3.63. The quantitative estimate of drug-likeness (QED) is 0.921. The zero-order valence-corrected chi connectivity index (χ0v) is 13.7. The van der Waals surface area contributed by atoms with Gasteiger partial charge in [0.15, 0.2) is 11.5 Å². The van der Waals surface area contributed by atoms with Crippen LogP contribution in [0.5, 0.6) is 11.5 Å². The lowest BCUT2D eigenvalue weighted by Gasteiger charge is -2.20. The van der Waals surface area contributed by atoms with Crippen LogP contribution in [0.4, 0.5) is 5.69 Å². The standard InChI is InChI=1S/C18H18ClNO3/c1-12-3-2-4-13(9-12)5-6-18(21)20-15-11-17-16(10-14(15)19)22-7-8-23-17/h2-4,9-11H,5-8H2,1H3,(H,20,21). The molecule has 0 unspecified atom stereocenters. The highest BCUT2D eigenvalue weighted by Gasteiger charge is 2.16. The summed E-state index contributed by atoms with van der Waals surface area (Å²) in [4.78, 5) is 12.1. The largest absolute Gasteiger partial charge is 0.486 e. The molecule has 0 aliphatic carbocycles.